The van der Waals surface area contributed by atoms with Crippen LogP contribution in [0.25, 0.3) is 44.8 Å². The molecule has 6 rings (SSSR count). The van der Waals surface area contributed by atoms with Crippen LogP contribution in [0.15, 0.2) is 48.5 Å². The summed E-state index contributed by atoms with van der Waals surface area (Å²) in [5.41, 5.74) is 12.2. The first kappa shape index (κ1) is 36.3. The Hall–Kier alpha value is -5.54. The Morgan fingerprint density at radius 1 is 0.615 bits per heavy atom. The van der Waals surface area contributed by atoms with Crippen LogP contribution in [0.2, 0.25) is 20.1 Å². The Morgan fingerprint density at radius 3 is 1.27 bits per heavy atom. The van der Waals surface area contributed by atoms with Crippen LogP contribution in [0.1, 0.15) is 41.4 Å². The van der Waals surface area contributed by atoms with E-state index in [9.17, 15) is 29.4 Å². The number of hydrogen-bond acceptors (Lipinski definition) is 8. The smallest absolute Gasteiger partial charge is 0.336 e. The zero-order valence-corrected chi connectivity index (χ0v) is 29.9. The van der Waals surface area contributed by atoms with Crippen LogP contribution in [0.3, 0.4) is 0 Å². The summed E-state index contributed by atoms with van der Waals surface area (Å²) in [7, 11) is 2.66. The number of nitrogens with zero attached hydrogens (tertiary/aromatic N) is 4. The lowest BCUT2D eigenvalue weighted by Gasteiger charge is -2.16. The number of imidazole rings is 2. The third kappa shape index (κ3) is 6.09. The molecule has 52 heavy (non-hydrogen) atoms. The van der Waals surface area contributed by atoms with Crippen molar-refractivity contribution in [3.05, 3.63) is 90.9 Å². The van der Waals surface area contributed by atoms with Gasteiger partial charge in [0.2, 0.25) is 0 Å². The molecule has 14 nitrogen and oxygen atoms in total. The highest BCUT2D eigenvalue weighted by Gasteiger charge is 2.27. The van der Waals surface area contributed by atoms with Gasteiger partial charge in [-0.2, -0.15) is 0 Å². The van der Waals surface area contributed by atoms with Gasteiger partial charge in [0.15, 0.2) is 11.5 Å². The summed E-state index contributed by atoms with van der Waals surface area (Å²) >= 11 is 25.2. The van der Waals surface area contributed by atoms with Gasteiger partial charge in [-0.25, -0.2) is 19.6 Å². The predicted molar refractivity (Wildman–Crippen MR) is 194 cm³/mol. The fourth-order valence-corrected chi connectivity index (χ4v) is 6.67. The van der Waals surface area contributed by atoms with Gasteiger partial charge < -0.3 is 40.3 Å². The molecule has 2 aromatic heterocycles. The number of aryl methyl sites for hydroxylation is 2. The van der Waals surface area contributed by atoms with Crippen molar-refractivity contribution in [3.63, 3.8) is 0 Å². The van der Waals surface area contributed by atoms with Crippen LogP contribution in [-0.2, 0) is 13.1 Å². The predicted octanol–water partition coefficient (Wildman–Crippen LogP) is 6.65. The molecule has 6 N–H and O–H groups in total. The lowest BCUT2D eigenvalue weighted by molar-refractivity contribution is 0.0686. The average Bonchev–Trinajstić information content (AvgIpc) is 3.66. The Balaban J connectivity index is 1.65. The number of aromatic carboxylic acids is 2. The number of fused-ring (bicyclic) bond motifs is 2. The number of rotatable bonds is 11. The van der Waals surface area contributed by atoms with Crippen LogP contribution in [0.4, 0.5) is 0 Å². The number of methoxy groups -OCH3 is 2. The van der Waals surface area contributed by atoms with Crippen LogP contribution in [0.5, 0.6) is 11.5 Å². The fourth-order valence-electron chi connectivity index (χ4n) is 6.02. The minimum atomic E-state index is -1.32. The van der Waals surface area contributed by atoms with Crippen molar-refractivity contribution in [1.29, 1.82) is 0 Å². The minimum absolute atomic E-state index is 0.00580. The maximum Gasteiger partial charge on any atom is 0.336 e. The van der Waals surface area contributed by atoms with E-state index in [0.717, 1.165) is 0 Å². The highest BCUT2D eigenvalue weighted by molar-refractivity contribution is 6.43. The quantitative estimate of drug-likeness (QED) is 0.110. The monoisotopic (exact) mass is 784 g/mol. The number of carboxylic acid groups (broad SMARTS) is 2. The SMILES string of the molecule is COc1c(C(N)=O)ccc2c1nc(-c1cc(Cl)c(Cl)cc1C(=O)O)n2CCn1c(-c2cc(Cl)c(Cl)cc2C(=O)O)nc2c(OC)c(C(N)=O)ccc21. The summed E-state index contributed by atoms with van der Waals surface area (Å²) in [6.45, 7) is 0.0125. The summed E-state index contributed by atoms with van der Waals surface area (Å²) in [6, 6.07) is 11.1. The molecular formula is C34H24Cl4N6O8. The highest BCUT2D eigenvalue weighted by atomic mass is 35.5. The fraction of sp³-hybridized carbons (Fsp3) is 0.118. The highest BCUT2D eigenvalue weighted by Crippen LogP contribution is 2.40. The van der Waals surface area contributed by atoms with Gasteiger partial charge >= 0.3 is 11.9 Å². The van der Waals surface area contributed by atoms with Gasteiger partial charge in [0.1, 0.15) is 22.7 Å². The molecule has 0 aliphatic rings. The molecule has 0 saturated heterocycles. The first-order chi connectivity index (χ1) is 24.7. The molecule has 0 saturated carbocycles. The summed E-state index contributed by atoms with van der Waals surface area (Å²) in [6.07, 6.45) is 0. The molecule has 6 aromatic rings. The Labute approximate surface area is 313 Å². The molecule has 4 aromatic carbocycles. The van der Waals surface area contributed by atoms with E-state index in [0.29, 0.717) is 11.0 Å². The van der Waals surface area contributed by atoms with Gasteiger partial charge in [0.05, 0.1) is 67.6 Å². The second-order valence-corrected chi connectivity index (χ2v) is 12.8. The zero-order chi connectivity index (χ0) is 37.8. The van der Waals surface area contributed by atoms with Gasteiger partial charge in [-0.15, -0.1) is 0 Å². The normalized spacial score (nSPS) is 11.3. The van der Waals surface area contributed by atoms with E-state index in [4.69, 9.17) is 77.3 Å². The summed E-state index contributed by atoms with van der Waals surface area (Å²) < 4.78 is 14.4. The van der Waals surface area contributed by atoms with Crippen molar-refractivity contribution >= 4 is 92.2 Å². The minimum Gasteiger partial charge on any atom is -0.494 e. The number of carbonyl (C=O) groups is 4. The van der Waals surface area contributed by atoms with E-state index in [1.54, 1.807) is 21.3 Å². The number of carbonyl (C=O) groups excluding carboxylic acids is 2. The summed E-state index contributed by atoms with van der Waals surface area (Å²) in [5.74, 6) is -3.92. The molecule has 18 heteroatoms. The van der Waals surface area contributed by atoms with Crippen molar-refractivity contribution in [2.45, 2.75) is 13.1 Å². The maximum atomic E-state index is 12.5. The average molecular weight is 786 g/mol. The molecule has 0 unspecified atom stereocenters. The van der Waals surface area contributed by atoms with E-state index in [2.05, 4.69) is 0 Å². The standard InChI is InChI=1S/C34H24Cl4N6O8/c1-51-27-13(29(39)45)3-5-23-25(27)41-31(15-9-19(35)21(37)11-17(15)33(47)48)43(23)7-8-44-24-6-4-14(30(40)46)28(52-2)26(24)42-32(44)16-10-20(36)22(38)12-18(16)34(49)50/h3-6,9-12H,7-8H2,1-2H3,(H2,39,45)(H2,40,46)(H,47,48)(H,49,50). The van der Waals surface area contributed by atoms with Crippen LogP contribution >= 0.6 is 46.4 Å². The number of carboxylic acids is 2. The molecule has 0 aliphatic heterocycles. The first-order valence-electron chi connectivity index (χ1n) is 14.9. The summed E-state index contributed by atoms with van der Waals surface area (Å²) in [4.78, 5) is 59.0. The van der Waals surface area contributed by atoms with Crippen molar-refractivity contribution in [2.24, 2.45) is 11.5 Å². The molecule has 2 heterocycles. The number of benzene rings is 4. The third-order valence-corrected chi connectivity index (χ3v) is 9.74. The molecule has 0 bridgehead atoms. The Morgan fingerprint density at radius 2 is 0.962 bits per heavy atom. The molecule has 0 aliphatic carbocycles. The van der Waals surface area contributed by atoms with Gasteiger partial charge in [0, 0.05) is 24.2 Å². The topological polar surface area (TPSA) is 215 Å². The number of primary amides is 2. The van der Waals surface area contributed by atoms with Gasteiger partial charge in [0.25, 0.3) is 11.8 Å². The third-order valence-electron chi connectivity index (χ3n) is 8.30. The lowest BCUT2D eigenvalue weighted by Crippen LogP contribution is -2.14. The van der Waals surface area contributed by atoms with Crippen molar-refractivity contribution in [1.82, 2.24) is 19.1 Å². The summed E-state index contributed by atoms with van der Waals surface area (Å²) in [5, 5.41) is 20.4. The molecule has 0 fully saturated rings. The Bertz CT molecular complexity index is 2360. The number of nitrogens with two attached hydrogens (primary N) is 2. The maximum absolute atomic E-state index is 12.5. The van der Waals surface area contributed by atoms with E-state index in [-0.39, 0.29) is 101 Å². The second-order valence-electron chi connectivity index (χ2n) is 11.2. The van der Waals surface area contributed by atoms with Crippen LogP contribution < -0.4 is 20.9 Å². The first-order valence-corrected chi connectivity index (χ1v) is 16.4. The number of hydrogen-bond donors (Lipinski definition) is 4. The second kappa shape index (κ2) is 13.9. The molecule has 0 radical (unpaired) electrons. The van der Waals surface area contributed by atoms with E-state index in [1.165, 1.54) is 50.6 Å². The van der Waals surface area contributed by atoms with Crippen molar-refractivity contribution < 1.29 is 38.9 Å². The zero-order valence-electron chi connectivity index (χ0n) is 26.8. The number of amides is 2. The largest absolute Gasteiger partial charge is 0.494 e. The number of ether oxygens (including phenoxy) is 2. The van der Waals surface area contributed by atoms with E-state index < -0.39 is 23.8 Å². The van der Waals surface area contributed by atoms with E-state index >= 15 is 0 Å². The molecule has 2 amide bonds. The molecular weight excluding hydrogens is 762 g/mol. The van der Waals surface area contributed by atoms with E-state index in [1.807, 2.05) is 0 Å². The Kier molecular flexibility index (Phi) is 9.68. The molecule has 266 valence electrons. The molecule has 0 atom stereocenters. The van der Waals surface area contributed by atoms with Crippen molar-refractivity contribution in [2.75, 3.05) is 14.2 Å². The number of aromatic nitrogens is 4. The van der Waals surface area contributed by atoms with Crippen LogP contribution in [0, 0.1) is 0 Å². The van der Waals surface area contributed by atoms with Gasteiger partial charge in [-0.05, 0) is 48.5 Å². The van der Waals surface area contributed by atoms with Crippen molar-refractivity contribution in [3.8, 4) is 34.3 Å². The van der Waals surface area contributed by atoms with Gasteiger partial charge in [-0.1, -0.05) is 46.4 Å². The van der Waals surface area contributed by atoms with Gasteiger partial charge in [-0.3, -0.25) is 9.59 Å². The molecule has 0 spiro atoms. The van der Waals surface area contributed by atoms with Crippen LogP contribution in [-0.4, -0.2) is 67.3 Å². The lowest BCUT2D eigenvalue weighted by atomic mass is 10.1. The number of halogens is 4.